The van der Waals surface area contributed by atoms with E-state index in [1.165, 1.54) is 5.56 Å². The monoisotopic (exact) mass is 489 g/mol. The number of nitrogens with zero attached hydrogens (tertiary/aromatic N) is 2. The SMILES string of the molecule is COc1cc2c(cc1OC)C1CN(C)CCC1N=C2c1ccc(NS(=O)c2ccc(C)cc2)cc1. The third-order valence-electron chi connectivity index (χ3n) is 6.89. The van der Waals surface area contributed by atoms with Crippen molar-refractivity contribution in [2.24, 2.45) is 4.99 Å². The Kier molecular flexibility index (Phi) is 6.62. The maximum absolute atomic E-state index is 12.7. The van der Waals surface area contributed by atoms with E-state index in [9.17, 15) is 4.21 Å². The van der Waals surface area contributed by atoms with Crippen molar-refractivity contribution in [3.8, 4) is 11.5 Å². The molecule has 0 radical (unpaired) electrons. The van der Waals surface area contributed by atoms with Gasteiger partial charge in [0.05, 0.1) is 30.9 Å². The maximum atomic E-state index is 12.7. The van der Waals surface area contributed by atoms with Gasteiger partial charge in [-0.05, 0) is 68.9 Å². The van der Waals surface area contributed by atoms with E-state index < -0.39 is 11.0 Å². The van der Waals surface area contributed by atoms with Gasteiger partial charge in [0.1, 0.15) is 11.0 Å². The Bertz CT molecular complexity index is 1270. The summed E-state index contributed by atoms with van der Waals surface area (Å²) < 4.78 is 27.1. The van der Waals surface area contributed by atoms with Gasteiger partial charge in [-0.2, -0.15) is 0 Å². The fourth-order valence-corrected chi connectivity index (χ4v) is 5.81. The number of aryl methyl sites for hydroxylation is 1. The van der Waals surface area contributed by atoms with Gasteiger partial charge in [-0.1, -0.05) is 29.8 Å². The van der Waals surface area contributed by atoms with Crippen molar-refractivity contribution in [1.82, 2.24) is 4.90 Å². The van der Waals surface area contributed by atoms with E-state index in [1.807, 2.05) is 55.5 Å². The normalized spacial score (nSPS) is 20.3. The lowest BCUT2D eigenvalue weighted by Gasteiger charge is -2.39. The summed E-state index contributed by atoms with van der Waals surface area (Å²) in [5, 5.41) is 0. The fourth-order valence-electron chi connectivity index (χ4n) is 4.96. The Morgan fingerprint density at radius 3 is 2.37 bits per heavy atom. The summed E-state index contributed by atoms with van der Waals surface area (Å²) >= 11 is 0. The van der Waals surface area contributed by atoms with Crippen LogP contribution in [0.1, 0.15) is 34.6 Å². The van der Waals surface area contributed by atoms with Gasteiger partial charge in [0, 0.05) is 29.3 Å². The second-order valence-corrected chi connectivity index (χ2v) is 10.5. The summed E-state index contributed by atoms with van der Waals surface area (Å²) in [5.74, 6) is 1.77. The van der Waals surface area contributed by atoms with Crippen LogP contribution in [-0.4, -0.2) is 55.2 Å². The molecule has 1 N–H and O–H groups in total. The number of rotatable bonds is 6. The number of methoxy groups -OCH3 is 2. The van der Waals surface area contributed by atoms with Crippen LogP contribution in [0, 0.1) is 6.92 Å². The summed E-state index contributed by atoms with van der Waals surface area (Å²) in [5.41, 5.74) is 6.29. The van der Waals surface area contributed by atoms with E-state index in [2.05, 4.69) is 28.8 Å². The molecule has 0 saturated carbocycles. The molecule has 2 aliphatic rings. The lowest BCUT2D eigenvalue weighted by molar-refractivity contribution is 0.227. The van der Waals surface area contributed by atoms with Crippen molar-refractivity contribution >= 4 is 22.4 Å². The van der Waals surface area contributed by atoms with E-state index in [1.54, 1.807) is 14.2 Å². The first kappa shape index (κ1) is 23.6. The number of hydrogen-bond acceptors (Lipinski definition) is 5. The van der Waals surface area contributed by atoms with Crippen LogP contribution >= 0.6 is 0 Å². The molecule has 3 aromatic carbocycles. The zero-order valence-corrected chi connectivity index (χ0v) is 21.4. The summed E-state index contributed by atoms with van der Waals surface area (Å²) in [4.78, 5) is 8.36. The number of fused-ring (bicyclic) bond motifs is 3. The standard InChI is InChI=1S/C28H31N3O3S/c1-18-5-11-21(12-6-18)35(32)30-20-9-7-19(8-10-20)28-23-16-27(34-4)26(33-3)15-22(23)24-17-31(2)14-13-25(24)29-28/h5-12,15-16,24-25,30H,13-14,17H2,1-4H3. The van der Waals surface area contributed by atoms with Crippen LogP contribution < -0.4 is 14.2 Å². The van der Waals surface area contributed by atoms with Gasteiger partial charge in [-0.15, -0.1) is 0 Å². The number of likely N-dealkylation sites (N-methyl/N-ethyl adjacent to an activating group) is 1. The highest BCUT2D eigenvalue weighted by molar-refractivity contribution is 7.86. The van der Waals surface area contributed by atoms with Crippen LogP contribution in [-0.2, 0) is 11.0 Å². The fraction of sp³-hybridized carbons (Fsp3) is 0.321. The molecule has 0 spiro atoms. The number of likely N-dealkylation sites (tertiary alicyclic amines) is 1. The minimum Gasteiger partial charge on any atom is -0.493 e. The first-order chi connectivity index (χ1) is 17.0. The molecule has 2 heterocycles. The largest absolute Gasteiger partial charge is 0.493 e. The molecule has 182 valence electrons. The first-order valence-electron chi connectivity index (χ1n) is 11.8. The summed E-state index contributed by atoms with van der Waals surface area (Å²) in [6, 6.07) is 20.1. The van der Waals surface area contributed by atoms with E-state index in [4.69, 9.17) is 14.5 Å². The van der Waals surface area contributed by atoms with Gasteiger partial charge in [-0.3, -0.25) is 4.99 Å². The van der Waals surface area contributed by atoms with Gasteiger partial charge in [0.15, 0.2) is 11.5 Å². The predicted octanol–water partition coefficient (Wildman–Crippen LogP) is 4.79. The zero-order valence-electron chi connectivity index (χ0n) is 20.6. The third kappa shape index (κ3) is 4.70. The topological polar surface area (TPSA) is 63.2 Å². The second-order valence-electron chi connectivity index (χ2n) is 9.26. The molecule has 1 fully saturated rings. The number of hydrogen-bond donors (Lipinski definition) is 1. The van der Waals surface area contributed by atoms with Crippen molar-refractivity contribution in [1.29, 1.82) is 0 Å². The van der Waals surface area contributed by atoms with Gasteiger partial charge >= 0.3 is 0 Å². The molecule has 35 heavy (non-hydrogen) atoms. The summed E-state index contributed by atoms with van der Waals surface area (Å²) in [6.45, 7) is 4.02. The number of nitrogens with one attached hydrogen (secondary N) is 1. The van der Waals surface area contributed by atoms with Crippen LogP contribution in [0.4, 0.5) is 5.69 Å². The molecule has 0 aliphatic carbocycles. The van der Waals surface area contributed by atoms with Gasteiger partial charge in [0.2, 0.25) is 0 Å². The molecule has 3 atom stereocenters. The van der Waals surface area contributed by atoms with Crippen LogP contribution in [0.3, 0.4) is 0 Å². The number of aliphatic imine (C=N–C) groups is 1. The Labute approximate surface area is 209 Å². The Morgan fingerprint density at radius 1 is 1.00 bits per heavy atom. The van der Waals surface area contributed by atoms with Crippen molar-refractivity contribution in [3.63, 3.8) is 0 Å². The average molecular weight is 490 g/mol. The van der Waals surface area contributed by atoms with E-state index in [0.717, 1.165) is 58.2 Å². The third-order valence-corrected chi connectivity index (χ3v) is 8.01. The van der Waals surface area contributed by atoms with Crippen LogP contribution in [0.2, 0.25) is 0 Å². The predicted molar refractivity (Wildman–Crippen MR) is 141 cm³/mol. The molecule has 5 rings (SSSR count). The van der Waals surface area contributed by atoms with E-state index in [-0.39, 0.29) is 6.04 Å². The molecule has 1 saturated heterocycles. The van der Waals surface area contributed by atoms with Crippen molar-refractivity contribution < 1.29 is 13.7 Å². The first-order valence-corrected chi connectivity index (χ1v) is 13.0. The minimum absolute atomic E-state index is 0.235. The maximum Gasteiger partial charge on any atom is 0.161 e. The van der Waals surface area contributed by atoms with Gasteiger partial charge < -0.3 is 19.1 Å². The molecule has 2 aliphatic heterocycles. The number of benzene rings is 3. The van der Waals surface area contributed by atoms with Gasteiger partial charge in [-0.25, -0.2) is 4.21 Å². The highest BCUT2D eigenvalue weighted by atomic mass is 32.2. The molecule has 0 bridgehead atoms. The number of anilines is 1. The zero-order chi connectivity index (χ0) is 24.5. The van der Waals surface area contributed by atoms with Crippen molar-refractivity contribution in [2.45, 2.75) is 30.2 Å². The Morgan fingerprint density at radius 2 is 1.69 bits per heavy atom. The molecule has 7 heteroatoms. The Balaban J connectivity index is 1.47. The average Bonchev–Trinajstić information content (AvgIpc) is 2.88. The highest BCUT2D eigenvalue weighted by Gasteiger charge is 2.36. The molecule has 0 aromatic heterocycles. The number of piperidine rings is 1. The van der Waals surface area contributed by atoms with Crippen molar-refractivity contribution in [2.75, 3.05) is 39.1 Å². The van der Waals surface area contributed by atoms with E-state index in [0.29, 0.717) is 11.7 Å². The quantitative estimate of drug-likeness (QED) is 0.541. The van der Waals surface area contributed by atoms with Crippen LogP contribution in [0.25, 0.3) is 0 Å². The van der Waals surface area contributed by atoms with Gasteiger partial charge in [0.25, 0.3) is 0 Å². The summed E-state index contributed by atoms with van der Waals surface area (Å²) in [7, 11) is 4.19. The smallest absolute Gasteiger partial charge is 0.161 e. The lowest BCUT2D eigenvalue weighted by Crippen LogP contribution is -2.41. The molecule has 3 aromatic rings. The molecule has 0 amide bonds. The van der Waals surface area contributed by atoms with Crippen molar-refractivity contribution in [3.05, 3.63) is 82.9 Å². The summed E-state index contributed by atoms with van der Waals surface area (Å²) in [6.07, 6.45) is 1.02. The van der Waals surface area contributed by atoms with E-state index >= 15 is 0 Å². The minimum atomic E-state index is -1.32. The molecular formula is C28H31N3O3S. The molecular weight excluding hydrogens is 458 g/mol. The van der Waals surface area contributed by atoms with Crippen LogP contribution in [0.15, 0.2) is 70.6 Å². The van der Waals surface area contributed by atoms with Crippen LogP contribution in [0.5, 0.6) is 11.5 Å². The molecule has 3 unspecified atom stereocenters. The second kappa shape index (κ2) is 9.84. The Hall–Kier alpha value is -3.16. The molecule has 6 nitrogen and oxygen atoms in total. The lowest BCUT2D eigenvalue weighted by atomic mass is 9.79. The highest BCUT2D eigenvalue weighted by Crippen LogP contribution is 2.42. The number of ether oxygens (including phenoxy) is 2.